The molecule has 0 radical (unpaired) electrons. The Morgan fingerprint density at radius 3 is 2.62 bits per heavy atom. The number of rotatable bonds is 5. The molecule has 5 heteroatoms. The molecule has 21 heavy (non-hydrogen) atoms. The zero-order valence-electron chi connectivity index (χ0n) is 12.4. The van der Waals surface area contributed by atoms with Gasteiger partial charge in [0, 0.05) is 22.7 Å². The minimum absolute atomic E-state index is 0.0216. The summed E-state index contributed by atoms with van der Waals surface area (Å²) in [5, 5.41) is 6.39. The lowest BCUT2D eigenvalue weighted by Crippen LogP contribution is -2.12. The summed E-state index contributed by atoms with van der Waals surface area (Å²) in [5.74, 6) is 0.0216. The van der Waals surface area contributed by atoms with Crippen molar-refractivity contribution < 1.29 is 4.79 Å². The molecule has 0 aliphatic carbocycles. The van der Waals surface area contributed by atoms with Gasteiger partial charge in [-0.05, 0) is 43.7 Å². The van der Waals surface area contributed by atoms with E-state index in [0.717, 1.165) is 21.3 Å². The third kappa shape index (κ3) is 3.99. The van der Waals surface area contributed by atoms with Crippen molar-refractivity contribution in [1.29, 1.82) is 0 Å². The van der Waals surface area contributed by atoms with Crippen LogP contribution in [0.2, 0.25) is 4.34 Å². The summed E-state index contributed by atoms with van der Waals surface area (Å²) in [6, 6.07) is 9.98. The normalized spacial score (nSPS) is 12.0. The smallest absolute Gasteiger partial charge is 0.224 e. The van der Waals surface area contributed by atoms with Gasteiger partial charge in [0.15, 0.2) is 0 Å². The zero-order chi connectivity index (χ0) is 15.4. The van der Waals surface area contributed by atoms with Crippen LogP contribution in [0.15, 0.2) is 30.3 Å². The average Bonchev–Trinajstić information content (AvgIpc) is 2.89. The molecule has 1 heterocycles. The number of anilines is 2. The maximum Gasteiger partial charge on any atom is 0.224 e. The number of hydrogen-bond acceptors (Lipinski definition) is 3. The molecule has 0 saturated heterocycles. The van der Waals surface area contributed by atoms with Crippen LogP contribution >= 0.6 is 22.9 Å². The minimum Gasteiger partial charge on any atom is -0.377 e. The molecule has 1 aromatic heterocycles. The van der Waals surface area contributed by atoms with E-state index in [1.54, 1.807) is 11.3 Å². The molecule has 2 aromatic rings. The summed E-state index contributed by atoms with van der Waals surface area (Å²) < 4.78 is 0.791. The molecule has 112 valence electrons. The van der Waals surface area contributed by atoms with Gasteiger partial charge < -0.3 is 10.6 Å². The largest absolute Gasteiger partial charge is 0.377 e. The highest BCUT2D eigenvalue weighted by Crippen LogP contribution is 2.31. The van der Waals surface area contributed by atoms with Gasteiger partial charge in [0.2, 0.25) is 5.91 Å². The van der Waals surface area contributed by atoms with Crippen LogP contribution in [0, 0.1) is 6.92 Å². The van der Waals surface area contributed by atoms with Gasteiger partial charge in [-0.15, -0.1) is 11.3 Å². The van der Waals surface area contributed by atoms with Gasteiger partial charge in [0.25, 0.3) is 0 Å². The summed E-state index contributed by atoms with van der Waals surface area (Å²) >= 11 is 7.55. The summed E-state index contributed by atoms with van der Waals surface area (Å²) in [5.41, 5.74) is 2.90. The van der Waals surface area contributed by atoms with Crippen molar-refractivity contribution >= 4 is 40.2 Å². The van der Waals surface area contributed by atoms with Crippen LogP contribution in [0.4, 0.5) is 11.4 Å². The second-order valence-electron chi connectivity index (χ2n) is 4.89. The fourth-order valence-corrected chi connectivity index (χ4v) is 3.09. The number of halogens is 1. The highest BCUT2D eigenvalue weighted by Gasteiger charge is 2.11. The Morgan fingerprint density at radius 2 is 2.00 bits per heavy atom. The highest BCUT2D eigenvalue weighted by atomic mass is 35.5. The molecule has 3 nitrogen and oxygen atoms in total. The fourth-order valence-electron chi connectivity index (χ4n) is 2.03. The van der Waals surface area contributed by atoms with Gasteiger partial charge in [-0.3, -0.25) is 4.79 Å². The maximum atomic E-state index is 11.5. The van der Waals surface area contributed by atoms with Crippen molar-refractivity contribution in [3.8, 4) is 0 Å². The van der Waals surface area contributed by atoms with Crippen LogP contribution in [-0.4, -0.2) is 5.91 Å². The maximum absolute atomic E-state index is 11.5. The van der Waals surface area contributed by atoms with E-state index in [0.29, 0.717) is 6.42 Å². The van der Waals surface area contributed by atoms with Crippen molar-refractivity contribution in [3.63, 3.8) is 0 Å². The van der Waals surface area contributed by atoms with E-state index in [2.05, 4.69) is 17.6 Å². The van der Waals surface area contributed by atoms with E-state index in [-0.39, 0.29) is 11.9 Å². The van der Waals surface area contributed by atoms with Crippen LogP contribution in [0.3, 0.4) is 0 Å². The van der Waals surface area contributed by atoms with Crippen molar-refractivity contribution in [2.24, 2.45) is 0 Å². The predicted molar refractivity (Wildman–Crippen MR) is 91.5 cm³/mol. The number of amides is 1. The Labute approximate surface area is 134 Å². The zero-order valence-corrected chi connectivity index (χ0v) is 13.9. The summed E-state index contributed by atoms with van der Waals surface area (Å²) in [6.45, 7) is 5.94. The Kier molecular flexibility index (Phi) is 5.26. The lowest BCUT2D eigenvalue weighted by atomic mass is 10.1. The first kappa shape index (κ1) is 15.9. The lowest BCUT2D eigenvalue weighted by Gasteiger charge is -2.18. The Bertz CT molecular complexity index is 639. The van der Waals surface area contributed by atoms with Crippen LogP contribution in [0.25, 0.3) is 0 Å². The fraction of sp³-hybridized carbons (Fsp3) is 0.312. The summed E-state index contributed by atoms with van der Waals surface area (Å²) in [4.78, 5) is 12.7. The summed E-state index contributed by atoms with van der Waals surface area (Å²) in [7, 11) is 0. The highest BCUT2D eigenvalue weighted by molar-refractivity contribution is 7.16. The standard InChI is InChI=1S/C16H19ClN2OS/c1-4-16(20)19-13-7-5-6-12(10(13)2)18-11(3)14-8-9-15(17)21-14/h5-9,11,18H,4H2,1-3H3,(H,19,20). The first-order valence-electron chi connectivity index (χ1n) is 6.92. The third-order valence-corrected chi connectivity index (χ3v) is 4.74. The molecule has 0 saturated carbocycles. The van der Waals surface area contributed by atoms with Crippen LogP contribution in [0.1, 0.15) is 36.8 Å². The van der Waals surface area contributed by atoms with Crippen LogP contribution < -0.4 is 10.6 Å². The number of nitrogens with one attached hydrogen (secondary N) is 2. The number of thiophene rings is 1. The number of benzene rings is 1. The van der Waals surface area contributed by atoms with Gasteiger partial charge in [0.05, 0.1) is 10.4 Å². The van der Waals surface area contributed by atoms with Crippen molar-refractivity contribution in [2.45, 2.75) is 33.2 Å². The molecule has 2 rings (SSSR count). The summed E-state index contributed by atoms with van der Waals surface area (Å²) in [6.07, 6.45) is 0.473. The van der Waals surface area contributed by atoms with Crippen molar-refractivity contribution in [3.05, 3.63) is 45.1 Å². The van der Waals surface area contributed by atoms with Gasteiger partial charge in [-0.2, -0.15) is 0 Å². The first-order valence-corrected chi connectivity index (χ1v) is 8.12. The number of carbonyl (C=O) groups is 1. The topological polar surface area (TPSA) is 41.1 Å². The molecule has 0 aliphatic heterocycles. The van der Waals surface area contributed by atoms with E-state index in [9.17, 15) is 4.79 Å². The quantitative estimate of drug-likeness (QED) is 0.791. The molecule has 0 spiro atoms. The Balaban J connectivity index is 2.16. The first-order chi connectivity index (χ1) is 10.0. The van der Waals surface area contributed by atoms with E-state index in [1.807, 2.05) is 44.2 Å². The monoisotopic (exact) mass is 322 g/mol. The van der Waals surface area contributed by atoms with Crippen molar-refractivity contribution in [1.82, 2.24) is 0 Å². The predicted octanol–water partition coefficient (Wildman–Crippen LogP) is 5.23. The van der Waals surface area contributed by atoms with Gasteiger partial charge >= 0.3 is 0 Å². The average molecular weight is 323 g/mol. The molecular weight excluding hydrogens is 304 g/mol. The molecule has 1 amide bonds. The molecule has 1 unspecified atom stereocenters. The second-order valence-corrected chi connectivity index (χ2v) is 6.63. The lowest BCUT2D eigenvalue weighted by molar-refractivity contribution is -0.115. The molecular formula is C16H19ClN2OS. The second kappa shape index (κ2) is 6.96. The third-order valence-electron chi connectivity index (χ3n) is 3.32. The molecule has 0 bridgehead atoms. The van der Waals surface area contributed by atoms with Crippen LogP contribution in [-0.2, 0) is 4.79 Å². The molecule has 1 atom stereocenters. The van der Waals surface area contributed by atoms with Gasteiger partial charge in [-0.1, -0.05) is 24.6 Å². The van der Waals surface area contributed by atoms with E-state index in [4.69, 9.17) is 11.6 Å². The van der Waals surface area contributed by atoms with Crippen LogP contribution in [0.5, 0.6) is 0 Å². The van der Waals surface area contributed by atoms with E-state index < -0.39 is 0 Å². The Hall–Kier alpha value is -1.52. The number of hydrogen-bond donors (Lipinski definition) is 2. The minimum atomic E-state index is 0.0216. The molecule has 2 N–H and O–H groups in total. The van der Waals surface area contributed by atoms with E-state index in [1.165, 1.54) is 4.88 Å². The molecule has 0 aliphatic rings. The van der Waals surface area contributed by atoms with Gasteiger partial charge in [0.1, 0.15) is 0 Å². The van der Waals surface area contributed by atoms with Crippen molar-refractivity contribution in [2.75, 3.05) is 10.6 Å². The molecule has 0 fully saturated rings. The number of carbonyl (C=O) groups excluding carboxylic acids is 1. The molecule has 1 aromatic carbocycles. The van der Waals surface area contributed by atoms with Gasteiger partial charge in [-0.25, -0.2) is 0 Å². The SMILES string of the molecule is CCC(=O)Nc1cccc(NC(C)c2ccc(Cl)s2)c1C. The Morgan fingerprint density at radius 1 is 1.29 bits per heavy atom. The van der Waals surface area contributed by atoms with E-state index >= 15 is 0 Å².